The van der Waals surface area contributed by atoms with Gasteiger partial charge >= 0.3 is 6.18 Å². The number of benzene rings is 2. The number of likely N-dealkylation sites (N-methyl/N-ethyl adjacent to an activating group) is 1. The average molecular weight is 527 g/mol. The fraction of sp³-hybridized carbons (Fsp3) is 0.480. The number of fused-ring (bicyclic) bond motifs is 1. The van der Waals surface area contributed by atoms with E-state index in [0.29, 0.717) is 19.5 Å². The van der Waals surface area contributed by atoms with E-state index in [0.717, 1.165) is 22.9 Å². The van der Waals surface area contributed by atoms with Gasteiger partial charge in [-0.2, -0.15) is 17.5 Å². The van der Waals surface area contributed by atoms with Gasteiger partial charge in [-0.3, -0.25) is 4.79 Å². The smallest absolute Gasteiger partial charge is 0.376 e. The lowest BCUT2D eigenvalue weighted by atomic mass is 9.99. The highest BCUT2D eigenvalue weighted by molar-refractivity contribution is 7.89. The lowest BCUT2D eigenvalue weighted by Crippen LogP contribution is -2.40. The monoisotopic (exact) mass is 526 g/mol. The zero-order valence-corrected chi connectivity index (χ0v) is 21.6. The number of halogens is 3. The lowest BCUT2D eigenvalue weighted by molar-refractivity contribution is -0.139. The second kappa shape index (κ2) is 11.6. The standard InChI is InChI=1S/C25H33F3N4O3S/c1-4-36(34,35)32-13-12-21-19(18-32)9-7-11-23(21)29-16-24(33)31(15-14-30(2)3)17-20-8-5-6-10-22(20)25(26,27)28/h5-11,29H,4,12-18H2,1-3H3. The Morgan fingerprint density at radius 1 is 1.08 bits per heavy atom. The molecule has 0 saturated heterocycles. The summed E-state index contributed by atoms with van der Waals surface area (Å²) in [6, 6.07) is 10.8. The van der Waals surface area contributed by atoms with Crippen molar-refractivity contribution in [3.8, 4) is 0 Å². The van der Waals surface area contributed by atoms with Crippen LogP contribution < -0.4 is 5.32 Å². The van der Waals surface area contributed by atoms with Crippen molar-refractivity contribution in [2.45, 2.75) is 32.6 Å². The molecule has 1 aliphatic rings. The van der Waals surface area contributed by atoms with Crippen LogP contribution >= 0.6 is 0 Å². The first-order valence-electron chi connectivity index (χ1n) is 11.8. The van der Waals surface area contributed by atoms with E-state index in [1.54, 1.807) is 13.0 Å². The Kier molecular flexibility index (Phi) is 9.02. The normalized spacial score (nSPS) is 14.5. The summed E-state index contributed by atoms with van der Waals surface area (Å²) >= 11 is 0. The summed E-state index contributed by atoms with van der Waals surface area (Å²) in [5.74, 6) is -0.285. The van der Waals surface area contributed by atoms with E-state index in [4.69, 9.17) is 0 Å². The third-order valence-corrected chi connectivity index (χ3v) is 8.10. The molecule has 11 heteroatoms. The summed E-state index contributed by atoms with van der Waals surface area (Å²) in [5, 5.41) is 3.14. The molecule has 1 amide bonds. The summed E-state index contributed by atoms with van der Waals surface area (Å²) in [7, 11) is 0.369. The van der Waals surface area contributed by atoms with Crippen molar-refractivity contribution in [2.75, 3.05) is 51.3 Å². The highest BCUT2D eigenvalue weighted by Gasteiger charge is 2.33. The van der Waals surface area contributed by atoms with E-state index in [9.17, 15) is 26.4 Å². The molecule has 0 bridgehead atoms. The number of sulfonamides is 1. The average Bonchev–Trinajstić information content (AvgIpc) is 2.84. The van der Waals surface area contributed by atoms with Gasteiger partial charge in [-0.05, 0) is 56.3 Å². The molecule has 1 heterocycles. The van der Waals surface area contributed by atoms with Gasteiger partial charge in [-0.1, -0.05) is 30.3 Å². The number of hydrogen-bond acceptors (Lipinski definition) is 5. The maximum atomic E-state index is 13.5. The number of carbonyl (C=O) groups is 1. The third kappa shape index (κ3) is 6.98. The van der Waals surface area contributed by atoms with Crippen LogP contribution in [0.5, 0.6) is 0 Å². The predicted octanol–water partition coefficient (Wildman–Crippen LogP) is 3.42. The predicted molar refractivity (Wildman–Crippen MR) is 134 cm³/mol. The second-order valence-corrected chi connectivity index (χ2v) is 11.3. The highest BCUT2D eigenvalue weighted by Crippen LogP contribution is 2.32. The quantitative estimate of drug-likeness (QED) is 0.514. The Morgan fingerprint density at radius 3 is 2.47 bits per heavy atom. The minimum Gasteiger partial charge on any atom is -0.376 e. The SMILES string of the molecule is CCS(=O)(=O)N1CCc2c(cccc2NCC(=O)N(CCN(C)C)Cc2ccccc2C(F)(F)F)C1. The van der Waals surface area contributed by atoms with Crippen LogP contribution in [0.4, 0.5) is 18.9 Å². The Labute approximate surface area is 210 Å². The van der Waals surface area contributed by atoms with E-state index >= 15 is 0 Å². The summed E-state index contributed by atoms with van der Waals surface area (Å²) in [4.78, 5) is 16.5. The fourth-order valence-electron chi connectivity index (χ4n) is 4.20. The summed E-state index contributed by atoms with van der Waals surface area (Å²) in [5.41, 5.74) is 1.86. The van der Waals surface area contributed by atoms with Crippen LogP contribution in [0, 0.1) is 0 Å². The Bertz CT molecular complexity index is 1170. The van der Waals surface area contributed by atoms with Gasteiger partial charge in [-0.25, -0.2) is 8.42 Å². The van der Waals surface area contributed by atoms with Gasteiger partial charge in [0, 0.05) is 38.4 Å². The van der Waals surface area contributed by atoms with Crippen molar-refractivity contribution in [1.29, 1.82) is 0 Å². The van der Waals surface area contributed by atoms with E-state index in [1.807, 2.05) is 31.1 Å². The number of carbonyl (C=O) groups excluding carboxylic acids is 1. The van der Waals surface area contributed by atoms with Crippen molar-refractivity contribution in [2.24, 2.45) is 0 Å². The number of anilines is 1. The van der Waals surface area contributed by atoms with Gasteiger partial charge < -0.3 is 15.1 Å². The number of nitrogens with zero attached hydrogens (tertiary/aromatic N) is 3. The molecule has 0 atom stereocenters. The molecule has 0 saturated carbocycles. The highest BCUT2D eigenvalue weighted by atomic mass is 32.2. The molecule has 0 aliphatic carbocycles. The first-order chi connectivity index (χ1) is 16.9. The zero-order valence-electron chi connectivity index (χ0n) is 20.8. The molecular formula is C25H33F3N4O3S. The molecular weight excluding hydrogens is 493 g/mol. The molecule has 36 heavy (non-hydrogen) atoms. The van der Waals surface area contributed by atoms with Crippen LogP contribution in [-0.4, -0.2) is 74.5 Å². The minimum atomic E-state index is -4.51. The molecule has 198 valence electrons. The molecule has 1 aliphatic heterocycles. The van der Waals surface area contributed by atoms with Gasteiger partial charge in [-0.15, -0.1) is 0 Å². The third-order valence-electron chi connectivity index (χ3n) is 6.27. The second-order valence-electron chi connectivity index (χ2n) is 9.05. The fourth-order valence-corrected chi connectivity index (χ4v) is 5.28. The molecule has 1 N–H and O–H groups in total. The molecule has 0 aromatic heterocycles. The van der Waals surface area contributed by atoms with Gasteiger partial charge in [0.15, 0.2) is 0 Å². The van der Waals surface area contributed by atoms with Crippen molar-refractivity contribution >= 4 is 21.6 Å². The van der Waals surface area contributed by atoms with Crippen LogP contribution in [0.15, 0.2) is 42.5 Å². The van der Waals surface area contributed by atoms with Crippen molar-refractivity contribution in [3.63, 3.8) is 0 Å². The molecule has 2 aromatic carbocycles. The molecule has 0 spiro atoms. The van der Waals surface area contributed by atoms with Gasteiger partial charge in [0.25, 0.3) is 0 Å². The summed E-state index contributed by atoms with van der Waals surface area (Å²) < 4.78 is 66.5. The number of nitrogens with one attached hydrogen (secondary N) is 1. The van der Waals surface area contributed by atoms with Crippen LogP contribution in [0.3, 0.4) is 0 Å². The van der Waals surface area contributed by atoms with E-state index in [-0.39, 0.29) is 43.4 Å². The van der Waals surface area contributed by atoms with Crippen molar-refractivity contribution in [1.82, 2.24) is 14.1 Å². The van der Waals surface area contributed by atoms with E-state index in [1.165, 1.54) is 27.4 Å². The van der Waals surface area contributed by atoms with E-state index < -0.39 is 21.8 Å². The number of hydrogen-bond donors (Lipinski definition) is 1. The van der Waals surface area contributed by atoms with Crippen LogP contribution in [0.25, 0.3) is 0 Å². The van der Waals surface area contributed by atoms with Gasteiger partial charge in [0.05, 0.1) is 17.9 Å². The van der Waals surface area contributed by atoms with Crippen LogP contribution in [0.1, 0.15) is 29.2 Å². The van der Waals surface area contributed by atoms with Gasteiger partial charge in [0.1, 0.15) is 0 Å². The topological polar surface area (TPSA) is 73.0 Å². The van der Waals surface area contributed by atoms with Crippen molar-refractivity contribution < 1.29 is 26.4 Å². The Morgan fingerprint density at radius 2 is 1.81 bits per heavy atom. The molecule has 0 fully saturated rings. The van der Waals surface area contributed by atoms with Crippen molar-refractivity contribution in [3.05, 3.63) is 64.7 Å². The molecule has 0 unspecified atom stereocenters. The lowest BCUT2D eigenvalue weighted by Gasteiger charge is -2.30. The maximum Gasteiger partial charge on any atom is 0.416 e. The minimum absolute atomic E-state index is 0.0367. The zero-order chi connectivity index (χ0) is 26.5. The van der Waals surface area contributed by atoms with E-state index in [2.05, 4.69) is 5.32 Å². The first-order valence-corrected chi connectivity index (χ1v) is 13.4. The summed E-state index contributed by atoms with van der Waals surface area (Å²) in [6.07, 6.45) is -4.00. The number of amides is 1. The number of alkyl halides is 3. The summed E-state index contributed by atoms with van der Waals surface area (Å²) in [6.45, 7) is 2.79. The van der Waals surface area contributed by atoms with Gasteiger partial charge in [0.2, 0.25) is 15.9 Å². The maximum absolute atomic E-state index is 13.5. The molecule has 3 rings (SSSR count). The number of rotatable bonds is 10. The Balaban J connectivity index is 1.75. The van der Waals surface area contributed by atoms with Crippen LogP contribution in [-0.2, 0) is 40.5 Å². The first kappa shape index (κ1) is 27.9. The molecule has 0 radical (unpaired) electrons. The largest absolute Gasteiger partial charge is 0.416 e. The molecule has 7 nitrogen and oxygen atoms in total. The Hall–Kier alpha value is -2.63. The van der Waals surface area contributed by atoms with Crippen LogP contribution in [0.2, 0.25) is 0 Å². The molecule has 2 aromatic rings.